The van der Waals surface area contributed by atoms with E-state index in [2.05, 4.69) is 5.32 Å². The lowest BCUT2D eigenvalue weighted by Gasteiger charge is -2.10. The highest BCUT2D eigenvalue weighted by Gasteiger charge is 2.05. The summed E-state index contributed by atoms with van der Waals surface area (Å²) < 4.78 is 13.2. The van der Waals surface area contributed by atoms with E-state index in [4.69, 9.17) is 5.41 Å². The number of allylic oxidation sites excluding steroid dienone is 5. The van der Waals surface area contributed by atoms with E-state index in [1.165, 1.54) is 12.3 Å². The van der Waals surface area contributed by atoms with Gasteiger partial charge in [-0.3, -0.25) is 0 Å². The summed E-state index contributed by atoms with van der Waals surface area (Å²) in [6.45, 7) is 1.96. The predicted molar refractivity (Wildman–Crippen MR) is 56.8 cm³/mol. The fourth-order valence-electron chi connectivity index (χ4n) is 1.20. The van der Waals surface area contributed by atoms with Crippen LogP contribution in [-0.2, 0) is 0 Å². The summed E-state index contributed by atoms with van der Waals surface area (Å²) in [7, 11) is 0. The van der Waals surface area contributed by atoms with Crippen LogP contribution in [0.1, 0.15) is 26.2 Å². The van der Waals surface area contributed by atoms with Crippen LogP contribution >= 0.6 is 0 Å². The maximum atomic E-state index is 13.2. The van der Waals surface area contributed by atoms with Crippen LogP contribution in [0.4, 0.5) is 4.39 Å². The Morgan fingerprint density at radius 2 is 2.50 bits per heavy atom. The van der Waals surface area contributed by atoms with Crippen molar-refractivity contribution < 1.29 is 4.39 Å². The molecule has 0 bridgehead atoms. The number of rotatable bonds is 4. The van der Waals surface area contributed by atoms with E-state index in [0.29, 0.717) is 12.1 Å². The molecule has 0 aromatic rings. The van der Waals surface area contributed by atoms with Gasteiger partial charge in [-0.15, -0.1) is 0 Å². The van der Waals surface area contributed by atoms with Gasteiger partial charge in [0.15, 0.2) is 0 Å². The highest BCUT2D eigenvalue weighted by Crippen LogP contribution is 2.17. The molecule has 0 aliphatic heterocycles. The predicted octanol–water partition coefficient (Wildman–Crippen LogP) is 3.05. The van der Waals surface area contributed by atoms with Crippen LogP contribution in [-0.4, -0.2) is 6.21 Å². The molecular weight excluding hydrogens is 179 g/mol. The molecule has 0 radical (unpaired) electrons. The van der Waals surface area contributed by atoms with Gasteiger partial charge >= 0.3 is 0 Å². The van der Waals surface area contributed by atoms with Crippen LogP contribution in [0.3, 0.4) is 0 Å². The molecule has 1 aliphatic rings. The normalized spacial score (nSPS) is 17.1. The van der Waals surface area contributed by atoms with Crippen molar-refractivity contribution in [1.29, 1.82) is 5.41 Å². The van der Waals surface area contributed by atoms with E-state index >= 15 is 0 Å². The van der Waals surface area contributed by atoms with Gasteiger partial charge in [-0.2, -0.15) is 0 Å². The van der Waals surface area contributed by atoms with Crippen molar-refractivity contribution in [2.45, 2.75) is 26.2 Å². The van der Waals surface area contributed by atoms with E-state index < -0.39 is 0 Å². The SMILES string of the molecule is CC/C(C=N)=C/NC1=C(F)C=CCC1. The zero-order chi connectivity index (χ0) is 10.4. The highest BCUT2D eigenvalue weighted by atomic mass is 19.1. The van der Waals surface area contributed by atoms with E-state index in [9.17, 15) is 4.39 Å². The molecule has 0 spiro atoms. The maximum absolute atomic E-state index is 13.2. The van der Waals surface area contributed by atoms with E-state index in [-0.39, 0.29) is 5.83 Å². The quantitative estimate of drug-likeness (QED) is 0.663. The first-order chi connectivity index (χ1) is 6.77. The summed E-state index contributed by atoms with van der Waals surface area (Å²) in [5.41, 5.74) is 1.47. The molecule has 0 saturated heterocycles. The second-order valence-electron chi connectivity index (χ2n) is 3.13. The van der Waals surface area contributed by atoms with Crippen LogP contribution in [0.2, 0.25) is 0 Å². The molecule has 2 nitrogen and oxygen atoms in total. The minimum Gasteiger partial charge on any atom is -0.362 e. The molecular formula is C11H15FN2. The van der Waals surface area contributed by atoms with Crippen LogP contribution in [0, 0.1) is 5.41 Å². The van der Waals surface area contributed by atoms with Gasteiger partial charge < -0.3 is 10.7 Å². The molecule has 0 unspecified atom stereocenters. The van der Waals surface area contributed by atoms with Crippen LogP contribution in [0.15, 0.2) is 35.4 Å². The van der Waals surface area contributed by atoms with Crippen LogP contribution < -0.4 is 5.32 Å². The molecule has 0 aromatic heterocycles. The monoisotopic (exact) mass is 194 g/mol. The first-order valence-electron chi connectivity index (χ1n) is 4.79. The van der Waals surface area contributed by atoms with Gasteiger partial charge in [0, 0.05) is 12.4 Å². The van der Waals surface area contributed by atoms with Gasteiger partial charge in [0.2, 0.25) is 0 Å². The van der Waals surface area contributed by atoms with E-state index in [1.807, 2.05) is 13.0 Å². The fourth-order valence-corrected chi connectivity index (χ4v) is 1.20. The smallest absolute Gasteiger partial charge is 0.142 e. The fraction of sp³-hybridized carbons (Fsp3) is 0.364. The van der Waals surface area contributed by atoms with Crippen molar-refractivity contribution >= 4 is 6.21 Å². The molecule has 14 heavy (non-hydrogen) atoms. The van der Waals surface area contributed by atoms with Crippen LogP contribution in [0.25, 0.3) is 0 Å². The second-order valence-corrected chi connectivity index (χ2v) is 3.13. The third kappa shape index (κ3) is 2.83. The van der Waals surface area contributed by atoms with Crippen molar-refractivity contribution in [3.05, 3.63) is 35.4 Å². The number of hydrogen-bond acceptors (Lipinski definition) is 2. The van der Waals surface area contributed by atoms with Crippen molar-refractivity contribution in [2.75, 3.05) is 0 Å². The average molecular weight is 194 g/mol. The Hall–Kier alpha value is -1.38. The first kappa shape index (κ1) is 10.7. The minimum absolute atomic E-state index is 0.201. The lowest BCUT2D eigenvalue weighted by molar-refractivity contribution is 0.621. The van der Waals surface area contributed by atoms with Crippen LogP contribution in [0.5, 0.6) is 0 Å². The standard InChI is InChI=1S/C11H15FN2/c1-2-9(7-13)8-14-11-6-4-3-5-10(11)12/h3,5,7-8,13-14H,2,4,6H2,1H3/b9-8-,13-7?. The third-order valence-electron chi connectivity index (χ3n) is 2.14. The minimum atomic E-state index is -0.201. The number of halogens is 1. The van der Waals surface area contributed by atoms with Gasteiger partial charge in [0.05, 0.1) is 5.70 Å². The van der Waals surface area contributed by atoms with Crippen molar-refractivity contribution in [2.24, 2.45) is 0 Å². The molecule has 1 rings (SSSR count). The molecule has 76 valence electrons. The molecule has 0 amide bonds. The van der Waals surface area contributed by atoms with Gasteiger partial charge in [-0.05, 0) is 30.9 Å². The first-order valence-corrected chi connectivity index (χ1v) is 4.79. The molecule has 0 saturated carbocycles. The summed E-state index contributed by atoms with van der Waals surface area (Å²) in [6.07, 6.45) is 8.63. The summed E-state index contributed by atoms with van der Waals surface area (Å²) in [6, 6.07) is 0. The molecule has 0 aromatic carbocycles. The molecule has 2 N–H and O–H groups in total. The van der Waals surface area contributed by atoms with Crippen molar-refractivity contribution in [1.82, 2.24) is 5.32 Å². The zero-order valence-electron chi connectivity index (χ0n) is 8.31. The van der Waals surface area contributed by atoms with Gasteiger partial charge in [-0.25, -0.2) is 4.39 Å². The molecule has 0 heterocycles. The topological polar surface area (TPSA) is 35.9 Å². The highest BCUT2D eigenvalue weighted by molar-refractivity contribution is 5.75. The van der Waals surface area contributed by atoms with E-state index in [0.717, 1.165) is 18.4 Å². The Balaban J connectivity index is 2.64. The van der Waals surface area contributed by atoms with Gasteiger partial charge in [0.1, 0.15) is 5.83 Å². The van der Waals surface area contributed by atoms with E-state index in [1.54, 1.807) is 6.20 Å². The maximum Gasteiger partial charge on any atom is 0.142 e. The lowest BCUT2D eigenvalue weighted by Crippen LogP contribution is -2.09. The Kier molecular flexibility index (Phi) is 4.11. The largest absolute Gasteiger partial charge is 0.362 e. The third-order valence-corrected chi connectivity index (χ3v) is 2.14. The Bertz CT molecular complexity index is 300. The second kappa shape index (κ2) is 5.37. The summed E-state index contributed by atoms with van der Waals surface area (Å²) >= 11 is 0. The summed E-state index contributed by atoms with van der Waals surface area (Å²) in [4.78, 5) is 0. The summed E-state index contributed by atoms with van der Waals surface area (Å²) in [5.74, 6) is -0.201. The molecule has 3 heteroatoms. The van der Waals surface area contributed by atoms with Crippen molar-refractivity contribution in [3.8, 4) is 0 Å². The average Bonchev–Trinajstić information content (AvgIpc) is 2.22. The Morgan fingerprint density at radius 3 is 3.07 bits per heavy atom. The molecule has 0 fully saturated rings. The van der Waals surface area contributed by atoms with Gasteiger partial charge in [0.25, 0.3) is 0 Å². The lowest BCUT2D eigenvalue weighted by atomic mass is 10.1. The summed E-state index contributed by atoms with van der Waals surface area (Å²) in [5, 5.41) is 9.98. The Morgan fingerprint density at radius 1 is 1.71 bits per heavy atom. The van der Waals surface area contributed by atoms with Gasteiger partial charge in [-0.1, -0.05) is 13.0 Å². The molecule has 1 aliphatic carbocycles. The zero-order valence-corrected chi connectivity index (χ0v) is 8.31. The molecule has 0 atom stereocenters. The number of nitrogens with one attached hydrogen (secondary N) is 2. The van der Waals surface area contributed by atoms with Crippen molar-refractivity contribution in [3.63, 3.8) is 0 Å². The number of hydrogen-bond donors (Lipinski definition) is 2. The Labute approximate surface area is 83.7 Å².